The second-order valence-electron chi connectivity index (χ2n) is 13.7. The van der Waals surface area contributed by atoms with Crippen LogP contribution in [-0.2, 0) is 14.3 Å². The normalized spacial score (nSPS) is 12.6. The van der Waals surface area contributed by atoms with Crippen LogP contribution in [0.25, 0.3) is 0 Å². The van der Waals surface area contributed by atoms with Crippen LogP contribution in [0.4, 0.5) is 13.6 Å². The van der Waals surface area contributed by atoms with Gasteiger partial charge >= 0.3 is 12.1 Å². The second-order valence-corrected chi connectivity index (χ2v) is 15.8. The molecule has 0 aliphatic rings. The van der Waals surface area contributed by atoms with Gasteiger partial charge in [0, 0.05) is 28.0 Å². The van der Waals surface area contributed by atoms with Crippen LogP contribution in [0.3, 0.4) is 0 Å². The topological polar surface area (TPSA) is 93.2 Å². The lowest BCUT2D eigenvalue weighted by molar-refractivity contribution is -0.159. The summed E-state index contributed by atoms with van der Waals surface area (Å²) in [6.07, 6.45) is -0.156. The van der Waals surface area contributed by atoms with Gasteiger partial charge in [0.25, 0.3) is 11.8 Å². The fraction of sp³-hybridized carbons (Fsp3) is 0.529. The largest absolute Gasteiger partial charge is 0.458 e. The van der Waals surface area contributed by atoms with Crippen molar-refractivity contribution in [3.8, 4) is 0 Å². The van der Waals surface area contributed by atoms with E-state index in [4.69, 9.17) is 9.47 Å². The van der Waals surface area contributed by atoms with Crippen LogP contribution >= 0.6 is 21.8 Å². The number of esters is 1. The molecular weight excluding hydrogens is 635 g/mol. The summed E-state index contributed by atoms with van der Waals surface area (Å²) in [5, 5.41) is 0. The molecule has 0 bridgehead atoms. The molecule has 0 saturated carbocycles. The smallest absolute Gasteiger partial charge is 0.417 e. The maximum Gasteiger partial charge on any atom is 0.417 e. The Labute approximate surface area is 279 Å². The molecule has 0 radical (unpaired) electrons. The first-order valence-electron chi connectivity index (χ1n) is 15.2. The predicted molar refractivity (Wildman–Crippen MR) is 178 cm³/mol. The molecule has 8 nitrogen and oxygen atoms in total. The number of benzene rings is 2. The quantitative estimate of drug-likeness (QED) is 0.125. The Balaban J connectivity index is 2.58. The number of ether oxygens (including phenoxy) is 2. The van der Waals surface area contributed by atoms with E-state index in [1.54, 1.807) is 41.5 Å². The van der Waals surface area contributed by atoms with Gasteiger partial charge in [-0.15, -0.1) is 0 Å². The second kappa shape index (κ2) is 16.6. The van der Waals surface area contributed by atoms with Crippen molar-refractivity contribution in [2.75, 3.05) is 6.54 Å². The number of hydrogen-bond acceptors (Lipinski definition) is 8. The van der Waals surface area contributed by atoms with Gasteiger partial charge in [0.1, 0.15) is 28.9 Å². The van der Waals surface area contributed by atoms with Crippen molar-refractivity contribution in [2.24, 2.45) is 11.8 Å². The highest BCUT2D eigenvalue weighted by molar-refractivity contribution is 8.76. The number of carbonyl (C=O) groups excluding carboxylic acids is 4. The molecule has 1 atom stereocenters. The number of amides is 3. The standard InChI is InChI=1S/C34H46F2N2O6S2/c1-21(2)16-17-37(32(42)44-34(8,9)10)30(40)26-20-25(36)14-15-28(26)45-46-38(29(39)23-12-11-13-24(35)19-23)27(18-22(3)4)31(41)43-33(5,6)7/h11-15,19-22,27H,16-18H2,1-10H3. The Morgan fingerprint density at radius 1 is 0.804 bits per heavy atom. The molecule has 2 aromatic rings. The Hall–Kier alpha value is -3.12. The summed E-state index contributed by atoms with van der Waals surface area (Å²) in [6, 6.07) is 7.56. The highest BCUT2D eigenvalue weighted by atomic mass is 33.1. The van der Waals surface area contributed by atoms with Crippen LogP contribution in [0.1, 0.15) is 103 Å². The first-order valence-corrected chi connectivity index (χ1v) is 17.3. The summed E-state index contributed by atoms with van der Waals surface area (Å²) in [7, 11) is 1.77. The van der Waals surface area contributed by atoms with Gasteiger partial charge < -0.3 is 9.47 Å². The van der Waals surface area contributed by atoms with Crippen LogP contribution in [0, 0.1) is 23.5 Å². The van der Waals surface area contributed by atoms with Crippen molar-refractivity contribution in [3.63, 3.8) is 0 Å². The number of hydrogen-bond donors (Lipinski definition) is 0. The minimum atomic E-state index is -1.09. The lowest BCUT2D eigenvalue weighted by atomic mass is 10.0. The van der Waals surface area contributed by atoms with E-state index in [-0.39, 0.29) is 40.8 Å². The molecule has 0 fully saturated rings. The lowest BCUT2D eigenvalue weighted by Gasteiger charge is -2.32. The van der Waals surface area contributed by atoms with Crippen molar-refractivity contribution in [1.82, 2.24) is 9.21 Å². The summed E-state index contributed by atoms with van der Waals surface area (Å²) < 4.78 is 41.2. The number of imide groups is 1. The molecule has 46 heavy (non-hydrogen) atoms. The summed E-state index contributed by atoms with van der Waals surface area (Å²) in [5.74, 6) is -3.30. The van der Waals surface area contributed by atoms with Crippen molar-refractivity contribution in [1.29, 1.82) is 0 Å². The van der Waals surface area contributed by atoms with Gasteiger partial charge in [-0.25, -0.2) is 23.3 Å². The van der Waals surface area contributed by atoms with E-state index in [1.807, 2.05) is 27.7 Å². The highest BCUT2D eigenvalue weighted by Gasteiger charge is 2.36. The molecule has 0 saturated heterocycles. The van der Waals surface area contributed by atoms with Crippen molar-refractivity contribution in [2.45, 2.75) is 104 Å². The molecule has 0 aromatic heterocycles. The van der Waals surface area contributed by atoms with Crippen LogP contribution in [0.5, 0.6) is 0 Å². The molecular formula is C34H46F2N2O6S2. The molecule has 1 unspecified atom stereocenters. The summed E-state index contributed by atoms with van der Waals surface area (Å²) in [6.45, 7) is 17.9. The van der Waals surface area contributed by atoms with Crippen LogP contribution in [-0.4, -0.2) is 56.9 Å². The summed E-state index contributed by atoms with van der Waals surface area (Å²) in [5.41, 5.74) is -1.85. The van der Waals surface area contributed by atoms with Gasteiger partial charge in [-0.3, -0.25) is 13.9 Å². The van der Waals surface area contributed by atoms with E-state index in [0.29, 0.717) is 6.42 Å². The van der Waals surface area contributed by atoms with Crippen LogP contribution in [0.15, 0.2) is 47.4 Å². The van der Waals surface area contributed by atoms with Crippen molar-refractivity contribution in [3.05, 3.63) is 65.2 Å². The Bertz CT molecular complexity index is 1390. The molecule has 3 amide bonds. The number of nitrogens with zero attached hydrogens (tertiary/aromatic N) is 2. The van der Waals surface area contributed by atoms with Gasteiger partial charge in [0.15, 0.2) is 0 Å². The van der Waals surface area contributed by atoms with E-state index < -0.39 is 52.8 Å². The number of rotatable bonds is 12. The predicted octanol–water partition coefficient (Wildman–Crippen LogP) is 8.94. The monoisotopic (exact) mass is 680 g/mol. The molecule has 0 aliphatic carbocycles. The van der Waals surface area contributed by atoms with Gasteiger partial charge in [0.05, 0.1) is 5.56 Å². The third-order valence-electron chi connectivity index (χ3n) is 6.10. The third kappa shape index (κ3) is 12.6. The van der Waals surface area contributed by atoms with Gasteiger partial charge in [-0.05, 0) is 113 Å². The fourth-order valence-corrected chi connectivity index (χ4v) is 6.43. The molecule has 0 N–H and O–H groups in total. The molecule has 2 aromatic carbocycles. The summed E-state index contributed by atoms with van der Waals surface area (Å²) >= 11 is 0. The van der Waals surface area contributed by atoms with E-state index >= 15 is 0 Å². The molecule has 12 heteroatoms. The van der Waals surface area contributed by atoms with Gasteiger partial charge in [-0.1, -0.05) is 33.8 Å². The first-order chi connectivity index (χ1) is 21.2. The Morgan fingerprint density at radius 2 is 1.41 bits per heavy atom. The molecule has 254 valence electrons. The number of carbonyl (C=O) groups is 4. The Morgan fingerprint density at radius 3 is 1.96 bits per heavy atom. The molecule has 2 rings (SSSR count). The fourth-order valence-electron chi connectivity index (χ4n) is 4.03. The van der Waals surface area contributed by atoms with Crippen molar-refractivity contribution < 1.29 is 37.4 Å². The van der Waals surface area contributed by atoms with Crippen LogP contribution < -0.4 is 0 Å². The zero-order chi connectivity index (χ0) is 35.0. The molecule has 0 heterocycles. The van der Waals surface area contributed by atoms with Crippen LogP contribution in [0.2, 0.25) is 0 Å². The van der Waals surface area contributed by atoms with E-state index in [0.717, 1.165) is 44.9 Å². The summed E-state index contributed by atoms with van der Waals surface area (Å²) in [4.78, 5) is 55.6. The minimum Gasteiger partial charge on any atom is -0.458 e. The number of halogens is 2. The van der Waals surface area contributed by atoms with E-state index in [2.05, 4.69) is 0 Å². The highest BCUT2D eigenvalue weighted by Crippen LogP contribution is 2.40. The zero-order valence-corrected chi connectivity index (χ0v) is 29.9. The van der Waals surface area contributed by atoms with Gasteiger partial charge in [0.2, 0.25) is 0 Å². The first kappa shape index (κ1) is 39.1. The molecule has 0 spiro atoms. The van der Waals surface area contributed by atoms with E-state index in [1.165, 1.54) is 28.6 Å². The SMILES string of the molecule is CC(C)CCN(C(=O)OC(C)(C)C)C(=O)c1cc(F)ccc1SSN(C(=O)c1cccc(F)c1)C(CC(C)C)C(=O)OC(C)(C)C. The van der Waals surface area contributed by atoms with Gasteiger partial charge in [-0.2, -0.15) is 0 Å². The molecule has 0 aliphatic heterocycles. The maximum atomic E-state index is 14.6. The minimum absolute atomic E-state index is 0.00519. The maximum absolute atomic E-state index is 14.6. The zero-order valence-electron chi connectivity index (χ0n) is 28.3. The lowest BCUT2D eigenvalue weighted by Crippen LogP contribution is -2.44. The average molecular weight is 681 g/mol. The van der Waals surface area contributed by atoms with Crippen molar-refractivity contribution >= 4 is 45.7 Å². The third-order valence-corrected chi connectivity index (χ3v) is 8.53. The Kier molecular flexibility index (Phi) is 14.1. The average Bonchev–Trinajstić information content (AvgIpc) is 2.90. The van der Waals surface area contributed by atoms with E-state index in [9.17, 15) is 28.0 Å².